The van der Waals surface area contributed by atoms with Crippen molar-refractivity contribution in [1.29, 1.82) is 5.26 Å². The molecule has 0 radical (unpaired) electrons. The molecule has 132 valence electrons. The third-order valence-corrected chi connectivity index (χ3v) is 4.21. The lowest BCUT2D eigenvalue weighted by Crippen LogP contribution is -1.90. The highest BCUT2D eigenvalue weighted by Crippen LogP contribution is 2.24. The van der Waals surface area contributed by atoms with Crippen LogP contribution in [0.1, 0.15) is 35.6 Å². The Kier molecular flexibility index (Phi) is 5.64. The number of rotatable bonds is 3. The zero-order valence-electron chi connectivity index (χ0n) is 14.9. The van der Waals surface area contributed by atoms with Gasteiger partial charge in [0.05, 0.1) is 17.2 Å². The Hall–Kier alpha value is -3.43. The van der Waals surface area contributed by atoms with Crippen molar-refractivity contribution in [3.05, 3.63) is 94.6 Å². The highest BCUT2D eigenvalue weighted by atomic mass is 19.1. The van der Waals surface area contributed by atoms with E-state index < -0.39 is 5.82 Å². The fraction of sp³-hybridized carbons (Fsp3) is 0.125. The zero-order valence-corrected chi connectivity index (χ0v) is 14.9. The van der Waals surface area contributed by atoms with E-state index in [9.17, 15) is 8.78 Å². The largest absolute Gasteiger partial charge is 0.206 e. The van der Waals surface area contributed by atoms with Gasteiger partial charge in [0.2, 0.25) is 0 Å². The van der Waals surface area contributed by atoms with Crippen LogP contribution in [0.2, 0.25) is 0 Å². The maximum Gasteiger partial charge on any atom is 0.139 e. The van der Waals surface area contributed by atoms with E-state index in [4.69, 9.17) is 5.26 Å². The minimum absolute atomic E-state index is 0.298. The van der Waals surface area contributed by atoms with Crippen molar-refractivity contribution in [3.8, 4) is 29.0 Å². The molecule has 0 fully saturated rings. The molecule has 0 unspecified atom stereocenters. The molecule has 0 amide bonds. The Bertz CT molecular complexity index is 1060. The molecule has 3 heteroatoms. The third-order valence-electron chi connectivity index (χ3n) is 4.21. The van der Waals surface area contributed by atoms with E-state index >= 15 is 0 Å². The molecule has 3 aromatic rings. The van der Waals surface area contributed by atoms with Gasteiger partial charge in [0, 0.05) is 11.1 Å². The summed E-state index contributed by atoms with van der Waals surface area (Å²) in [5.74, 6) is 4.82. The highest BCUT2D eigenvalue weighted by molar-refractivity contribution is 5.66. The summed E-state index contributed by atoms with van der Waals surface area (Å²) in [6.45, 7) is 2.04. The van der Waals surface area contributed by atoms with E-state index in [2.05, 4.69) is 11.8 Å². The minimum Gasteiger partial charge on any atom is -0.206 e. The van der Waals surface area contributed by atoms with Gasteiger partial charge in [0.15, 0.2) is 0 Å². The van der Waals surface area contributed by atoms with Crippen LogP contribution in [0.5, 0.6) is 0 Å². The lowest BCUT2D eigenvalue weighted by molar-refractivity contribution is 0.621. The summed E-state index contributed by atoms with van der Waals surface area (Å²) in [6.07, 6.45) is 1.78. The molecule has 3 aromatic carbocycles. The minimum atomic E-state index is -0.412. The molecular formula is C24H17F2N. The van der Waals surface area contributed by atoms with Gasteiger partial charge in [0.25, 0.3) is 0 Å². The van der Waals surface area contributed by atoms with Crippen LogP contribution in [0.4, 0.5) is 8.78 Å². The maximum absolute atomic E-state index is 14.5. The third kappa shape index (κ3) is 4.40. The Balaban J connectivity index is 1.85. The van der Waals surface area contributed by atoms with Crippen LogP contribution in [0, 0.1) is 34.8 Å². The summed E-state index contributed by atoms with van der Waals surface area (Å²) in [4.78, 5) is 0. The SMILES string of the molecule is CCCc1ccc(C#Cc2ccc(-c3ccc(C#N)cc3)c(F)c2)c(F)c1. The molecule has 1 nitrogen and oxygen atoms in total. The number of nitrogens with zero attached hydrogens (tertiary/aromatic N) is 1. The summed E-state index contributed by atoms with van der Waals surface area (Å²) >= 11 is 0. The smallest absolute Gasteiger partial charge is 0.139 e. The van der Waals surface area contributed by atoms with Gasteiger partial charge in [-0.05, 0) is 53.9 Å². The van der Waals surface area contributed by atoms with Crippen molar-refractivity contribution in [2.75, 3.05) is 0 Å². The Morgan fingerprint density at radius 1 is 0.815 bits per heavy atom. The van der Waals surface area contributed by atoms with Crippen molar-refractivity contribution in [2.45, 2.75) is 19.8 Å². The molecule has 0 atom stereocenters. The van der Waals surface area contributed by atoms with E-state index in [1.807, 2.05) is 19.1 Å². The van der Waals surface area contributed by atoms with Gasteiger partial charge in [-0.3, -0.25) is 0 Å². The fourth-order valence-corrected chi connectivity index (χ4v) is 2.79. The van der Waals surface area contributed by atoms with Gasteiger partial charge in [-0.25, -0.2) is 8.78 Å². The lowest BCUT2D eigenvalue weighted by atomic mass is 10.0. The summed E-state index contributed by atoms with van der Waals surface area (Å²) < 4.78 is 28.6. The second kappa shape index (κ2) is 8.30. The van der Waals surface area contributed by atoms with Crippen LogP contribution in [-0.4, -0.2) is 0 Å². The molecule has 0 aliphatic rings. The monoisotopic (exact) mass is 357 g/mol. The quantitative estimate of drug-likeness (QED) is 0.539. The molecule has 0 aliphatic carbocycles. The summed E-state index contributed by atoms with van der Waals surface area (Å²) in [7, 11) is 0. The van der Waals surface area contributed by atoms with E-state index in [1.54, 1.807) is 42.5 Å². The first-order valence-electron chi connectivity index (χ1n) is 8.71. The standard InChI is InChI=1S/C24H17F2N/c1-2-3-17-4-11-21(23(25)14-17)12-5-18-8-13-22(24(26)15-18)20-9-6-19(16-27)7-10-20/h4,6-11,13-15H,2-3H2,1H3. The summed E-state index contributed by atoms with van der Waals surface area (Å²) in [5.41, 5.74) is 3.35. The Morgan fingerprint density at radius 3 is 2.19 bits per heavy atom. The number of halogens is 2. The first-order chi connectivity index (χ1) is 13.1. The van der Waals surface area contributed by atoms with Gasteiger partial charge in [-0.1, -0.05) is 49.5 Å². The molecule has 0 saturated heterocycles. The van der Waals surface area contributed by atoms with Crippen LogP contribution >= 0.6 is 0 Å². The van der Waals surface area contributed by atoms with Gasteiger partial charge < -0.3 is 0 Å². The second-order valence-corrected chi connectivity index (χ2v) is 6.20. The number of hydrogen-bond acceptors (Lipinski definition) is 1. The van der Waals surface area contributed by atoms with E-state index in [0.29, 0.717) is 27.8 Å². The van der Waals surface area contributed by atoms with Crippen LogP contribution in [0.3, 0.4) is 0 Å². The first-order valence-corrected chi connectivity index (χ1v) is 8.71. The average molecular weight is 357 g/mol. The predicted molar refractivity (Wildman–Crippen MR) is 103 cm³/mol. The predicted octanol–water partition coefficient (Wildman–Crippen LogP) is 5.86. The fourth-order valence-electron chi connectivity index (χ4n) is 2.79. The van der Waals surface area contributed by atoms with Crippen LogP contribution in [-0.2, 0) is 6.42 Å². The zero-order chi connectivity index (χ0) is 19.2. The van der Waals surface area contributed by atoms with E-state index in [-0.39, 0.29) is 5.82 Å². The van der Waals surface area contributed by atoms with Crippen LogP contribution < -0.4 is 0 Å². The molecule has 0 heterocycles. The second-order valence-electron chi connectivity index (χ2n) is 6.20. The van der Waals surface area contributed by atoms with Gasteiger partial charge >= 0.3 is 0 Å². The molecule has 0 aromatic heterocycles. The van der Waals surface area contributed by atoms with E-state index in [1.165, 1.54) is 12.1 Å². The molecule has 0 aliphatic heterocycles. The maximum atomic E-state index is 14.5. The molecule has 27 heavy (non-hydrogen) atoms. The molecule has 0 saturated carbocycles. The molecule has 0 N–H and O–H groups in total. The van der Waals surface area contributed by atoms with Crippen molar-refractivity contribution in [2.24, 2.45) is 0 Å². The first kappa shape index (κ1) is 18.4. The number of aryl methyl sites for hydroxylation is 1. The van der Waals surface area contributed by atoms with Crippen molar-refractivity contribution in [3.63, 3.8) is 0 Å². The Morgan fingerprint density at radius 2 is 1.56 bits per heavy atom. The molecule has 0 bridgehead atoms. The van der Waals surface area contributed by atoms with Crippen LogP contribution in [0.25, 0.3) is 11.1 Å². The van der Waals surface area contributed by atoms with Crippen molar-refractivity contribution in [1.82, 2.24) is 0 Å². The average Bonchev–Trinajstić information content (AvgIpc) is 2.68. The summed E-state index contributed by atoms with van der Waals surface area (Å²) in [6, 6.07) is 18.4. The highest BCUT2D eigenvalue weighted by Gasteiger charge is 2.06. The Labute approximate surface area is 157 Å². The van der Waals surface area contributed by atoms with E-state index in [0.717, 1.165) is 18.4 Å². The molecule has 0 spiro atoms. The van der Waals surface area contributed by atoms with Crippen molar-refractivity contribution >= 4 is 0 Å². The lowest BCUT2D eigenvalue weighted by Gasteiger charge is -2.04. The van der Waals surface area contributed by atoms with Gasteiger partial charge in [0.1, 0.15) is 11.6 Å². The number of hydrogen-bond donors (Lipinski definition) is 0. The topological polar surface area (TPSA) is 23.8 Å². The van der Waals surface area contributed by atoms with Gasteiger partial charge in [-0.2, -0.15) is 5.26 Å². The van der Waals surface area contributed by atoms with Gasteiger partial charge in [-0.15, -0.1) is 0 Å². The summed E-state index contributed by atoms with van der Waals surface area (Å²) in [5, 5.41) is 8.84. The normalized spacial score (nSPS) is 10.0. The van der Waals surface area contributed by atoms with Crippen LogP contribution in [0.15, 0.2) is 60.7 Å². The van der Waals surface area contributed by atoms with Crippen molar-refractivity contribution < 1.29 is 8.78 Å². The number of nitriles is 1. The molecular weight excluding hydrogens is 340 g/mol. The molecule has 3 rings (SSSR count). The number of benzene rings is 3.